The molecule has 0 bridgehead atoms. The molecule has 0 saturated heterocycles. The predicted molar refractivity (Wildman–Crippen MR) is 95.6 cm³/mol. The molecular formula is C18H14N8O. The van der Waals surface area contributed by atoms with Gasteiger partial charge in [0.05, 0.1) is 17.8 Å². The average molecular weight is 358 g/mol. The van der Waals surface area contributed by atoms with Gasteiger partial charge in [-0.25, -0.2) is 9.97 Å². The molecule has 132 valence electrons. The van der Waals surface area contributed by atoms with E-state index < -0.39 is 0 Å². The molecule has 4 rings (SSSR count). The number of nitrogens with one attached hydrogen (secondary N) is 1. The van der Waals surface area contributed by atoms with Gasteiger partial charge in [0.25, 0.3) is 5.91 Å². The van der Waals surface area contributed by atoms with E-state index in [1.54, 1.807) is 23.1 Å². The molecule has 0 aliphatic heterocycles. The maximum absolute atomic E-state index is 12.4. The molecule has 0 saturated carbocycles. The number of tetrazole rings is 1. The van der Waals surface area contributed by atoms with Crippen molar-refractivity contribution in [1.82, 2.24) is 40.5 Å². The highest BCUT2D eigenvalue weighted by atomic mass is 16.1. The third-order valence-corrected chi connectivity index (χ3v) is 3.78. The number of hydrogen-bond donors (Lipinski definition) is 1. The number of rotatable bonds is 5. The maximum atomic E-state index is 12.4. The Morgan fingerprint density at radius 3 is 2.56 bits per heavy atom. The van der Waals surface area contributed by atoms with Gasteiger partial charge in [0, 0.05) is 30.4 Å². The van der Waals surface area contributed by atoms with E-state index in [0.29, 0.717) is 17.2 Å². The van der Waals surface area contributed by atoms with E-state index in [1.807, 2.05) is 36.4 Å². The van der Waals surface area contributed by atoms with Crippen LogP contribution in [0.1, 0.15) is 16.2 Å². The van der Waals surface area contributed by atoms with Crippen molar-refractivity contribution in [2.24, 2.45) is 0 Å². The first-order valence-electron chi connectivity index (χ1n) is 8.14. The molecule has 0 atom stereocenters. The normalized spacial score (nSPS) is 10.5. The van der Waals surface area contributed by atoms with E-state index in [-0.39, 0.29) is 12.5 Å². The van der Waals surface area contributed by atoms with Crippen LogP contribution >= 0.6 is 0 Å². The van der Waals surface area contributed by atoms with Crippen molar-refractivity contribution >= 4 is 5.91 Å². The van der Waals surface area contributed by atoms with Crippen LogP contribution in [0.5, 0.6) is 0 Å². The summed E-state index contributed by atoms with van der Waals surface area (Å²) >= 11 is 0. The van der Waals surface area contributed by atoms with Crippen LogP contribution in [0.25, 0.3) is 17.1 Å². The van der Waals surface area contributed by atoms with Gasteiger partial charge in [0.2, 0.25) is 0 Å². The fourth-order valence-corrected chi connectivity index (χ4v) is 2.44. The molecule has 0 aliphatic rings. The second-order valence-electron chi connectivity index (χ2n) is 5.56. The van der Waals surface area contributed by atoms with E-state index in [0.717, 1.165) is 11.3 Å². The SMILES string of the molecule is O=C(NCc1nnnn1-c1ccccc1)c1cnc(-c2cccnc2)nc1. The van der Waals surface area contributed by atoms with Crippen molar-refractivity contribution < 1.29 is 4.79 Å². The Hall–Kier alpha value is -4.01. The van der Waals surface area contributed by atoms with Gasteiger partial charge in [-0.1, -0.05) is 18.2 Å². The summed E-state index contributed by atoms with van der Waals surface area (Å²) in [4.78, 5) is 24.8. The fraction of sp³-hybridized carbons (Fsp3) is 0.0556. The highest BCUT2D eigenvalue weighted by Gasteiger charge is 2.12. The van der Waals surface area contributed by atoms with Crippen molar-refractivity contribution in [3.63, 3.8) is 0 Å². The molecule has 0 spiro atoms. The molecule has 9 nitrogen and oxygen atoms in total. The Balaban J connectivity index is 1.44. The second-order valence-corrected chi connectivity index (χ2v) is 5.56. The average Bonchev–Trinajstić information content (AvgIpc) is 3.22. The minimum Gasteiger partial charge on any atom is -0.345 e. The lowest BCUT2D eigenvalue weighted by atomic mass is 10.2. The molecule has 3 aromatic heterocycles. The van der Waals surface area contributed by atoms with Crippen LogP contribution in [0.2, 0.25) is 0 Å². The van der Waals surface area contributed by atoms with Crippen LogP contribution in [-0.2, 0) is 6.54 Å². The standard InChI is InChI=1S/C18H14N8O/c27-18(14-10-20-17(21-11-14)13-5-4-8-19-9-13)22-12-16-23-24-25-26(16)15-6-2-1-3-7-15/h1-11H,12H2,(H,22,27). The minimum absolute atomic E-state index is 0.172. The summed E-state index contributed by atoms with van der Waals surface area (Å²) in [6.07, 6.45) is 6.29. The van der Waals surface area contributed by atoms with Crippen LogP contribution in [0.4, 0.5) is 0 Å². The first-order chi connectivity index (χ1) is 13.3. The van der Waals surface area contributed by atoms with Gasteiger partial charge in [-0.15, -0.1) is 5.10 Å². The molecule has 0 aliphatic carbocycles. The van der Waals surface area contributed by atoms with Gasteiger partial charge in [-0.3, -0.25) is 9.78 Å². The Morgan fingerprint density at radius 1 is 1.00 bits per heavy atom. The summed E-state index contributed by atoms with van der Waals surface area (Å²) in [5.74, 6) is 0.713. The fourth-order valence-electron chi connectivity index (χ4n) is 2.44. The zero-order valence-electron chi connectivity index (χ0n) is 14.1. The van der Waals surface area contributed by atoms with Gasteiger partial charge < -0.3 is 5.32 Å². The Labute approximate surface area is 154 Å². The summed E-state index contributed by atoms with van der Waals surface area (Å²) < 4.78 is 1.57. The molecule has 4 aromatic rings. The van der Waals surface area contributed by atoms with Crippen molar-refractivity contribution in [2.75, 3.05) is 0 Å². The topological polar surface area (TPSA) is 111 Å². The van der Waals surface area contributed by atoms with Gasteiger partial charge >= 0.3 is 0 Å². The Morgan fingerprint density at radius 2 is 1.81 bits per heavy atom. The number of hydrogen-bond acceptors (Lipinski definition) is 7. The van der Waals surface area contributed by atoms with Crippen LogP contribution in [0.15, 0.2) is 67.3 Å². The Kier molecular flexibility index (Phi) is 4.56. The van der Waals surface area contributed by atoms with E-state index >= 15 is 0 Å². The van der Waals surface area contributed by atoms with Gasteiger partial charge in [-0.05, 0) is 34.7 Å². The van der Waals surface area contributed by atoms with Crippen LogP contribution in [-0.4, -0.2) is 41.1 Å². The Bertz CT molecular complexity index is 1030. The van der Waals surface area contributed by atoms with Crippen LogP contribution < -0.4 is 5.32 Å². The van der Waals surface area contributed by atoms with Crippen LogP contribution in [0.3, 0.4) is 0 Å². The first-order valence-corrected chi connectivity index (χ1v) is 8.14. The molecule has 1 aromatic carbocycles. The summed E-state index contributed by atoms with van der Waals surface area (Å²) in [6.45, 7) is 0.172. The molecule has 9 heteroatoms. The van der Waals surface area contributed by atoms with Gasteiger partial charge in [0.15, 0.2) is 11.6 Å². The van der Waals surface area contributed by atoms with Crippen molar-refractivity contribution in [3.05, 3.63) is 78.6 Å². The van der Waals surface area contributed by atoms with E-state index in [4.69, 9.17) is 0 Å². The molecule has 3 heterocycles. The third kappa shape index (κ3) is 3.66. The number of aromatic nitrogens is 7. The van der Waals surface area contributed by atoms with Crippen molar-refractivity contribution in [2.45, 2.75) is 6.54 Å². The highest BCUT2D eigenvalue weighted by Crippen LogP contribution is 2.12. The highest BCUT2D eigenvalue weighted by molar-refractivity contribution is 5.93. The van der Waals surface area contributed by atoms with Crippen LogP contribution in [0, 0.1) is 0 Å². The number of carbonyl (C=O) groups is 1. The maximum Gasteiger partial charge on any atom is 0.254 e. The zero-order chi connectivity index (χ0) is 18.5. The number of nitrogens with zero attached hydrogens (tertiary/aromatic N) is 7. The molecular weight excluding hydrogens is 344 g/mol. The number of para-hydroxylation sites is 1. The first kappa shape index (κ1) is 16.5. The quantitative estimate of drug-likeness (QED) is 0.574. The summed E-state index contributed by atoms with van der Waals surface area (Å²) in [7, 11) is 0. The molecule has 27 heavy (non-hydrogen) atoms. The third-order valence-electron chi connectivity index (χ3n) is 3.78. The van der Waals surface area contributed by atoms with Crippen molar-refractivity contribution in [1.29, 1.82) is 0 Å². The zero-order valence-corrected chi connectivity index (χ0v) is 14.1. The molecule has 0 fully saturated rings. The van der Waals surface area contributed by atoms with Gasteiger partial charge in [-0.2, -0.15) is 4.68 Å². The minimum atomic E-state index is -0.310. The van der Waals surface area contributed by atoms with E-state index in [9.17, 15) is 4.79 Å². The molecule has 0 unspecified atom stereocenters. The molecule has 1 amide bonds. The monoisotopic (exact) mass is 358 g/mol. The summed E-state index contributed by atoms with van der Waals surface area (Å²) in [5.41, 5.74) is 1.95. The largest absolute Gasteiger partial charge is 0.345 e. The summed E-state index contributed by atoms with van der Waals surface area (Å²) in [5, 5.41) is 14.4. The van der Waals surface area contributed by atoms with Gasteiger partial charge in [0.1, 0.15) is 0 Å². The van der Waals surface area contributed by atoms with E-state index in [2.05, 4.69) is 35.8 Å². The number of amides is 1. The number of pyridine rings is 1. The lowest BCUT2D eigenvalue weighted by Gasteiger charge is -2.06. The predicted octanol–water partition coefficient (Wildman–Crippen LogP) is 1.44. The number of carbonyl (C=O) groups excluding carboxylic acids is 1. The molecule has 1 N–H and O–H groups in total. The lowest BCUT2D eigenvalue weighted by Crippen LogP contribution is -2.25. The van der Waals surface area contributed by atoms with Crippen molar-refractivity contribution in [3.8, 4) is 17.1 Å². The lowest BCUT2D eigenvalue weighted by molar-refractivity contribution is 0.0949. The van der Waals surface area contributed by atoms with E-state index in [1.165, 1.54) is 12.4 Å². The number of benzene rings is 1. The second kappa shape index (κ2) is 7.48. The molecule has 0 radical (unpaired) electrons. The summed E-state index contributed by atoms with van der Waals surface area (Å²) in [6, 6.07) is 13.1. The smallest absolute Gasteiger partial charge is 0.254 e.